The van der Waals surface area contributed by atoms with Crippen LogP contribution < -0.4 is 10.1 Å². The summed E-state index contributed by atoms with van der Waals surface area (Å²) < 4.78 is 11.4. The minimum atomic E-state index is 0.219. The highest BCUT2D eigenvalue weighted by Crippen LogP contribution is 2.27. The maximum atomic E-state index is 6.28. The van der Waals surface area contributed by atoms with Gasteiger partial charge in [-0.1, -0.05) is 17.7 Å². The van der Waals surface area contributed by atoms with Crippen molar-refractivity contribution in [2.75, 3.05) is 13.2 Å². The summed E-state index contributed by atoms with van der Waals surface area (Å²) in [6, 6.07) is 6.76. The molecule has 0 aromatic heterocycles. The molecule has 3 rings (SSSR count). The van der Waals surface area contributed by atoms with Gasteiger partial charge in [0.2, 0.25) is 0 Å². The highest BCUT2D eigenvalue weighted by atomic mass is 35.5. The molecule has 3 nitrogen and oxygen atoms in total. The molecule has 1 aromatic rings. The summed E-state index contributed by atoms with van der Waals surface area (Å²) in [7, 11) is 0. The van der Waals surface area contributed by atoms with Crippen molar-refractivity contribution in [2.45, 2.75) is 50.8 Å². The second-order valence-corrected chi connectivity index (χ2v) is 6.13. The van der Waals surface area contributed by atoms with Gasteiger partial charge in [0.05, 0.1) is 11.1 Å². The topological polar surface area (TPSA) is 30.5 Å². The van der Waals surface area contributed by atoms with Gasteiger partial charge in [0.1, 0.15) is 12.4 Å². The van der Waals surface area contributed by atoms with E-state index in [2.05, 4.69) is 11.4 Å². The van der Waals surface area contributed by atoms with E-state index in [1.165, 1.54) is 31.2 Å². The summed E-state index contributed by atoms with van der Waals surface area (Å²) in [5.41, 5.74) is 1.21. The summed E-state index contributed by atoms with van der Waals surface area (Å²) in [5, 5.41) is 4.17. The zero-order valence-corrected chi connectivity index (χ0v) is 12.5. The largest absolute Gasteiger partial charge is 0.489 e. The first-order chi connectivity index (χ1) is 9.81. The van der Waals surface area contributed by atoms with Gasteiger partial charge in [-0.2, -0.15) is 0 Å². The smallest absolute Gasteiger partial charge is 0.138 e. The lowest BCUT2D eigenvalue weighted by Gasteiger charge is -2.22. The molecule has 0 spiro atoms. The molecular weight excluding hydrogens is 274 g/mol. The molecule has 20 heavy (non-hydrogen) atoms. The quantitative estimate of drug-likeness (QED) is 0.871. The fourth-order valence-corrected chi connectivity index (χ4v) is 2.70. The Morgan fingerprint density at radius 2 is 2.15 bits per heavy atom. The predicted octanol–water partition coefficient (Wildman–Crippen LogP) is 3.54. The number of rotatable bonds is 6. The zero-order chi connectivity index (χ0) is 13.8. The summed E-state index contributed by atoms with van der Waals surface area (Å²) in [6.45, 7) is 2.34. The van der Waals surface area contributed by atoms with Crippen LogP contribution in [0, 0.1) is 0 Å². The van der Waals surface area contributed by atoms with Crippen LogP contribution in [0.3, 0.4) is 0 Å². The van der Waals surface area contributed by atoms with Crippen LogP contribution in [0.1, 0.15) is 37.7 Å². The van der Waals surface area contributed by atoms with Crippen LogP contribution in [0.2, 0.25) is 5.02 Å². The first-order valence-corrected chi connectivity index (χ1v) is 7.95. The highest BCUT2D eigenvalue weighted by molar-refractivity contribution is 6.32. The van der Waals surface area contributed by atoms with Crippen LogP contribution in [-0.4, -0.2) is 25.4 Å². The van der Waals surface area contributed by atoms with E-state index in [0.717, 1.165) is 25.3 Å². The van der Waals surface area contributed by atoms with Crippen molar-refractivity contribution < 1.29 is 9.47 Å². The van der Waals surface area contributed by atoms with E-state index in [9.17, 15) is 0 Å². The number of hydrogen-bond acceptors (Lipinski definition) is 3. The Morgan fingerprint density at radius 1 is 1.25 bits per heavy atom. The molecule has 1 saturated carbocycles. The van der Waals surface area contributed by atoms with Crippen molar-refractivity contribution in [1.82, 2.24) is 5.32 Å². The molecule has 110 valence electrons. The third-order valence-electron chi connectivity index (χ3n) is 3.87. The number of nitrogens with one attached hydrogen (secondary N) is 1. The lowest BCUT2D eigenvalue weighted by atomic mass is 10.1. The number of ether oxygens (including phenoxy) is 2. The van der Waals surface area contributed by atoms with E-state index in [1.807, 2.05) is 12.1 Å². The van der Waals surface area contributed by atoms with Crippen LogP contribution in [0.25, 0.3) is 0 Å². The molecule has 1 atom stereocenters. The van der Waals surface area contributed by atoms with Gasteiger partial charge in [-0.25, -0.2) is 0 Å². The first-order valence-electron chi connectivity index (χ1n) is 7.57. The molecule has 0 amide bonds. The molecule has 1 N–H and O–H groups in total. The molecular formula is C16H22ClNO2. The molecule has 1 heterocycles. The molecule has 1 aliphatic carbocycles. The van der Waals surface area contributed by atoms with Crippen LogP contribution in [0.4, 0.5) is 0 Å². The molecule has 1 aromatic carbocycles. The second kappa shape index (κ2) is 6.79. The van der Waals surface area contributed by atoms with Gasteiger partial charge < -0.3 is 14.8 Å². The Labute approximate surface area is 125 Å². The lowest BCUT2D eigenvalue weighted by molar-refractivity contribution is -0.0110. The van der Waals surface area contributed by atoms with Gasteiger partial charge in [0, 0.05) is 19.2 Å². The van der Waals surface area contributed by atoms with Crippen LogP contribution >= 0.6 is 11.6 Å². The Balaban J connectivity index is 1.50. The van der Waals surface area contributed by atoms with E-state index in [1.54, 1.807) is 0 Å². The Hall–Kier alpha value is -0.770. The second-order valence-electron chi connectivity index (χ2n) is 5.72. The Bertz CT molecular complexity index is 442. The SMILES string of the molecule is Clc1cc(CNC2CC2)ccc1OCC1CCCCO1. The summed E-state index contributed by atoms with van der Waals surface area (Å²) in [5.74, 6) is 0.760. The third kappa shape index (κ3) is 4.11. The number of halogens is 1. The maximum absolute atomic E-state index is 6.28. The third-order valence-corrected chi connectivity index (χ3v) is 4.16. The van der Waals surface area contributed by atoms with Crippen molar-refractivity contribution in [2.24, 2.45) is 0 Å². The van der Waals surface area contributed by atoms with E-state index in [-0.39, 0.29) is 6.10 Å². The minimum Gasteiger partial charge on any atom is -0.489 e. The number of benzene rings is 1. The lowest BCUT2D eigenvalue weighted by Crippen LogP contribution is -2.25. The minimum absolute atomic E-state index is 0.219. The van der Waals surface area contributed by atoms with Crippen molar-refractivity contribution >= 4 is 11.6 Å². The molecule has 2 aliphatic rings. The zero-order valence-electron chi connectivity index (χ0n) is 11.7. The highest BCUT2D eigenvalue weighted by Gasteiger charge is 2.20. The Kier molecular flexibility index (Phi) is 4.81. The van der Waals surface area contributed by atoms with Gasteiger partial charge in [-0.15, -0.1) is 0 Å². The number of hydrogen-bond donors (Lipinski definition) is 1. The van der Waals surface area contributed by atoms with Crippen molar-refractivity contribution in [1.29, 1.82) is 0 Å². The van der Waals surface area contributed by atoms with Crippen molar-refractivity contribution in [3.63, 3.8) is 0 Å². The standard InChI is InChI=1S/C16H22ClNO2/c17-15-9-12(10-18-13-5-6-13)4-7-16(15)20-11-14-3-1-2-8-19-14/h4,7,9,13-14,18H,1-3,5-6,8,10-11H2. The summed E-state index contributed by atoms with van der Waals surface area (Å²) >= 11 is 6.28. The summed E-state index contributed by atoms with van der Waals surface area (Å²) in [6.07, 6.45) is 6.30. The fraction of sp³-hybridized carbons (Fsp3) is 0.625. The van der Waals surface area contributed by atoms with Gasteiger partial charge in [0.15, 0.2) is 0 Å². The van der Waals surface area contributed by atoms with Gasteiger partial charge in [-0.05, 0) is 49.8 Å². The molecule has 1 unspecified atom stereocenters. The predicted molar refractivity (Wildman–Crippen MR) is 80.4 cm³/mol. The van der Waals surface area contributed by atoms with Crippen LogP contribution in [0.5, 0.6) is 5.75 Å². The Morgan fingerprint density at radius 3 is 2.85 bits per heavy atom. The van der Waals surface area contributed by atoms with Crippen LogP contribution in [-0.2, 0) is 11.3 Å². The van der Waals surface area contributed by atoms with Gasteiger partial charge >= 0.3 is 0 Å². The van der Waals surface area contributed by atoms with Crippen molar-refractivity contribution in [3.8, 4) is 5.75 Å². The average Bonchev–Trinajstić information content (AvgIpc) is 3.29. The molecule has 2 fully saturated rings. The molecule has 1 aliphatic heterocycles. The van der Waals surface area contributed by atoms with Crippen molar-refractivity contribution in [3.05, 3.63) is 28.8 Å². The van der Waals surface area contributed by atoms with Gasteiger partial charge in [0.25, 0.3) is 0 Å². The van der Waals surface area contributed by atoms with E-state index in [0.29, 0.717) is 17.7 Å². The van der Waals surface area contributed by atoms with Gasteiger partial charge in [-0.3, -0.25) is 0 Å². The summed E-state index contributed by atoms with van der Waals surface area (Å²) in [4.78, 5) is 0. The van der Waals surface area contributed by atoms with Crippen LogP contribution in [0.15, 0.2) is 18.2 Å². The molecule has 4 heteroatoms. The normalized spacial score (nSPS) is 22.8. The maximum Gasteiger partial charge on any atom is 0.138 e. The fourth-order valence-electron chi connectivity index (χ4n) is 2.44. The van der Waals surface area contributed by atoms with E-state index < -0.39 is 0 Å². The average molecular weight is 296 g/mol. The molecule has 1 saturated heterocycles. The molecule has 0 radical (unpaired) electrons. The van der Waals surface area contributed by atoms with E-state index >= 15 is 0 Å². The van der Waals surface area contributed by atoms with E-state index in [4.69, 9.17) is 21.1 Å². The first kappa shape index (κ1) is 14.2. The monoisotopic (exact) mass is 295 g/mol. The molecule has 0 bridgehead atoms.